The van der Waals surface area contributed by atoms with Crippen LogP contribution >= 0.6 is 0 Å². The fourth-order valence-corrected chi connectivity index (χ4v) is 2.35. The molecule has 1 aromatic heterocycles. The smallest absolute Gasteiger partial charge is 0.114 e. The molecular weight excluding hydrogens is 212 g/mol. The van der Waals surface area contributed by atoms with E-state index in [2.05, 4.69) is 17.1 Å². The van der Waals surface area contributed by atoms with Crippen LogP contribution in [0.1, 0.15) is 24.6 Å². The predicted molar refractivity (Wildman–Crippen MR) is 67.6 cm³/mol. The lowest BCUT2D eigenvalue weighted by Crippen LogP contribution is -2.34. The van der Waals surface area contributed by atoms with Crippen LogP contribution in [0.15, 0.2) is 36.4 Å². The van der Waals surface area contributed by atoms with E-state index in [4.69, 9.17) is 10.5 Å². The van der Waals surface area contributed by atoms with Crippen LogP contribution in [0.5, 0.6) is 0 Å². The van der Waals surface area contributed by atoms with Gasteiger partial charge in [-0.3, -0.25) is 0 Å². The van der Waals surface area contributed by atoms with E-state index >= 15 is 0 Å². The summed E-state index contributed by atoms with van der Waals surface area (Å²) in [5.41, 5.74) is 8.05. The number of nitrogens with two attached hydrogens (primary N) is 1. The Hall–Kier alpha value is -1.45. The first-order chi connectivity index (χ1) is 8.34. The molecule has 1 aromatic carbocycles. The fourth-order valence-electron chi connectivity index (χ4n) is 2.35. The molecule has 1 fully saturated rings. The summed E-state index contributed by atoms with van der Waals surface area (Å²) in [7, 11) is 0. The third kappa shape index (κ3) is 2.04. The summed E-state index contributed by atoms with van der Waals surface area (Å²) in [6, 6.07) is 12.3. The summed E-state index contributed by atoms with van der Waals surface area (Å²) in [5, 5.41) is 1.15. The average molecular weight is 228 g/mol. The minimum atomic E-state index is -0.0478. The third-order valence-electron chi connectivity index (χ3n) is 3.28. The number of rotatable bonds is 1. The molecule has 2 N–H and O–H groups in total. The first-order valence-electron chi connectivity index (χ1n) is 6.07. The molecule has 0 spiro atoms. The van der Waals surface area contributed by atoms with E-state index in [0.29, 0.717) is 0 Å². The molecule has 1 aliphatic heterocycles. The van der Waals surface area contributed by atoms with Crippen molar-refractivity contribution in [3.8, 4) is 0 Å². The number of hydrogen-bond donors (Lipinski definition) is 1. The van der Waals surface area contributed by atoms with E-state index in [1.165, 1.54) is 0 Å². The Morgan fingerprint density at radius 3 is 2.94 bits per heavy atom. The van der Waals surface area contributed by atoms with Crippen LogP contribution in [-0.2, 0) is 4.74 Å². The van der Waals surface area contributed by atoms with Gasteiger partial charge in [-0.15, -0.1) is 0 Å². The molecule has 88 valence electrons. The molecule has 17 heavy (non-hydrogen) atoms. The third-order valence-corrected chi connectivity index (χ3v) is 3.28. The zero-order valence-corrected chi connectivity index (χ0v) is 9.67. The van der Waals surface area contributed by atoms with Crippen molar-refractivity contribution < 1.29 is 4.74 Å². The highest BCUT2D eigenvalue weighted by molar-refractivity contribution is 5.78. The topological polar surface area (TPSA) is 48.1 Å². The fraction of sp³-hybridized carbons (Fsp3) is 0.357. The van der Waals surface area contributed by atoms with Crippen molar-refractivity contribution in [3.05, 3.63) is 42.1 Å². The zero-order valence-electron chi connectivity index (χ0n) is 9.67. The van der Waals surface area contributed by atoms with E-state index in [-0.39, 0.29) is 12.1 Å². The van der Waals surface area contributed by atoms with Gasteiger partial charge in [0.2, 0.25) is 0 Å². The van der Waals surface area contributed by atoms with Crippen LogP contribution in [0, 0.1) is 0 Å². The summed E-state index contributed by atoms with van der Waals surface area (Å²) in [6.45, 7) is 0.785. The summed E-state index contributed by atoms with van der Waals surface area (Å²) >= 11 is 0. The minimum Gasteiger partial charge on any atom is -0.370 e. The number of aromatic nitrogens is 1. The highest BCUT2D eigenvalue weighted by Crippen LogP contribution is 2.27. The lowest BCUT2D eigenvalue weighted by Gasteiger charge is -2.28. The van der Waals surface area contributed by atoms with Gasteiger partial charge in [-0.1, -0.05) is 24.3 Å². The SMILES string of the molecule is NC1CCCOC1c1ccc2ccccc2n1. The zero-order chi connectivity index (χ0) is 11.7. The number of para-hydroxylation sites is 1. The molecule has 1 aliphatic rings. The van der Waals surface area contributed by atoms with Gasteiger partial charge in [0, 0.05) is 18.0 Å². The molecule has 2 unspecified atom stereocenters. The second-order valence-electron chi connectivity index (χ2n) is 4.53. The Balaban J connectivity index is 1.99. The lowest BCUT2D eigenvalue weighted by atomic mass is 10.00. The first-order valence-corrected chi connectivity index (χ1v) is 6.07. The maximum absolute atomic E-state index is 6.09. The Labute approximate surface area is 101 Å². The Bertz CT molecular complexity index is 526. The number of hydrogen-bond acceptors (Lipinski definition) is 3. The molecule has 3 rings (SSSR count). The van der Waals surface area contributed by atoms with Crippen LogP contribution in [0.4, 0.5) is 0 Å². The number of benzene rings is 1. The molecule has 0 bridgehead atoms. The van der Waals surface area contributed by atoms with Crippen molar-refractivity contribution in [1.82, 2.24) is 4.98 Å². The number of nitrogens with zero attached hydrogens (tertiary/aromatic N) is 1. The van der Waals surface area contributed by atoms with Crippen molar-refractivity contribution in [3.63, 3.8) is 0 Å². The number of ether oxygens (including phenoxy) is 1. The standard InChI is InChI=1S/C14H16N2O/c15-11-5-3-9-17-14(11)13-8-7-10-4-1-2-6-12(10)16-13/h1-2,4,6-8,11,14H,3,5,9,15H2. The van der Waals surface area contributed by atoms with E-state index in [1.807, 2.05) is 24.3 Å². The number of fused-ring (bicyclic) bond motifs is 1. The van der Waals surface area contributed by atoms with Gasteiger partial charge in [0.05, 0.1) is 11.2 Å². The van der Waals surface area contributed by atoms with Gasteiger partial charge in [0.1, 0.15) is 6.10 Å². The van der Waals surface area contributed by atoms with Crippen LogP contribution < -0.4 is 5.73 Å². The molecule has 0 aliphatic carbocycles. The first kappa shape index (κ1) is 10.7. The molecule has 2 atom stereocenters. The van der Waals surface area contributed by atoms with Gasteiger partial charge in [0.25, 0.3) is 0 Å². The average Bonchev–Trinajstić information content (AvgIpc) is 2.39. The summed E-state index contributed by atoms with van der Waals surface area (Å²) in [6.07, 6.45) is 2.01. The van der Waals surface area contributed by atoms with Crippen molar-refractivity contribution in [1.29, 1.82) is 0 Å². The summed E-state index contributed by atoms with van der Waals surface area (Å²) < 4.78 is 5.74. The maximum atomic E-state index is 6.09. The van der Waals surface area contributed by atoms with Gasteiger partial charge in [-0.25, -0.2) is 4.98 Å². The summed E-state index contributed by atoms with van der Waals surface area (Å²) in [4.78, 5) is 4.64. The molecule has 0 amide bonds. The highest BCUT2D eigenvalue weighted by atomic mass is 16.5. The molecule has 2 aromatic rings. The van der Waals surface area contributed by atoms with Crippen LogP contribution in [0.3, 0.4) is 0 Å². The highest BCUT2D eigenvalue weighted by Gasteiger charge is 2.25. The van der Waals surface area contributed by atoms with Crippen molar-refractivity contribution >= 4 is 10.9 Å². The van der Waals surface area contributed by atoms with E-state index in [1.54, 1.807) is 0 Å². The van der Waals surface area contributed by atoms with Crippen LogP contribution in [0.25, 0.3) is 10.9 Å². The molecule has 3 heteroatoms. The quantitative estimate of drug-likeness (QED) is 0.815. The van der Waals surface area contributed by atoms with Crippen molar-refractivity contribution in [2.24, 2.45) is 5.73 Å². The second kappa shape index (κ2) is 4.43. The number of pyridine rings is 1. The lowest BCUT2D eigenvalue weighted by molar-refractivity contribution is -0.00224. The molecule has 3 nitrogen and oxygen atoms in total. The van der Waals surface area contributed by atoms with Gasteiger partial charge in [-0.2, -0.15) is 0 Å². The van der Waals surface area contributed by atoms with Crippen LogP contribution in [0.2, 0.25) is 0 Å². The van der Waals surface area contributed by atoms with Gasteiger partial charge in [0.15, 0.2) is 0 Å². The molecular formula is C14H16N2O. The maximum Gasteiger partial charge on any atom is 0.114 e. The normalized spacial score (nSPS) is 25.0. The second-order valence-corrected chi connectivity index (χ2v) is 4.53. The van der Waals surface area contributed by atoms with Crippen LogP contribution in [-0.4, -0.2) is 17.6 Å². The predicted octanol–water partition coefficient (Wildman–Crippen LogP) is 2.41. The summed E-state index contributed by atoms with van der Waals surface area (Å²) in [5.74, 6) is 0. The van der Waals surface area contributed by atoms with Crippen molar-refractivity contribution in [2.75, 3.05) is 6.61 Å². The molecule has 1 saturated heterocycles. The van der Waals surface area contributed by atoms with E-state index in [9.17, 15) is 0 Å². The monoisotopic (exact) mass is 228 g/mol. The van der Waals surface area contributed by atoms with E-state index in [0.717, 1.165) is 36.0 Å². The van der Waals surface area contributed by atoms with E-state index < -0.39 is 0 Å². The Morgan fingerprint density at radius 2 is 2.06 bits per heavy atom. The molecule has 2 heterocycles. The Morgan fingerprint density at radius 1 is 1.18 bits per heavy atom. The Kier molecular flexibility index (Phi) is 2.79. The van der Waals surface area contributed by atoms with Gasteiger partial charge in [-0.05, 0) is 25.0 Å². The van der Waals surface area contributed by atoms with Gasteiger partial charge >= 0.3 is 0 Å². The molecule has 0 radical (unpaired) electrons. The largest absolute Gasteiger partial charge is 0.370 e. The minimum absolute atomic E-state index is 0.0478. The molecule has 0 saturated carbocycles. The van der Waals surface area contributed by atoms with Crippen molar-refractivity contribution in [2.45, 2.75) is 25.0 Å². The van der Waals surface area contributed by atoms with Gasteiger partial charge < -0.3 is 10.5 Å².